The average Bonchev–Trinajstić information content (AvgIpc) is 2.44. The highest BCUT2D eigenvalue weighted by Crippen LogP contribution is 2.20. The molecule has 1 aromatic rings. The first kappa shape index (κ1) is 11.0. The van der Waals surface area contributed by atoms with Gasteiger partial charge in [0.1, 0.15) is 0 Å². The summed E-state index contributed by atoms with van der Waals surface area (Å²) in [5, 5.41) is 4.50. The van der Waals surface area contributed by atoms with Gasteiger partial charge >= 0.3 is 0 Å². The Balaban J connectivity index is 2.42. The molecule has 1 amide bonds. The second-order valence-corrected chi connectivity index (χ2v) is 4.14. The van der Waals surface area contributed by atoms with E-state index in [4.69, 9.17) is 11.6 Å². The molecule has 5 nitrogen and oxygen atoms in total. The summed E-state index contributed by atoms with van der Waals surface area (Å²) in [7, 11) is 0. The molecule has 1 aliphatic rings. The zero-order valence-electron chi connectivity index (χ0n) is 9.23. The van der Waals surface area contributed by atoms with Gasteiger partial charge < -0.3 is 0 Å². The Morgan fingerprint density at radius 3 is 2.25 bits per heavy atom. The van der Waals surface area contributed by atoms with E-state index in [2.05, 4.69) is 15.1 Å². The van der Waals surface area contributed by atoms with Gasteiger partial charge in [0.15, 0.2) is 5.38 Å². The highest BCUT2D eigenvalue weighted by atomic mass is 35.5. The van der Waals surface area contributed by atoms with Gasteiger partial charge in [-0.1, -0.05) is 0 Å². The molecular weight excluding hydrogens is 228 g/mol. The highest BCUT2D eigenvalue weighted by molar-refractivity contribution is 6.45. The van der Waals surface area contributed by atoms with Crippen molar-refractivity contribution in [3.63, 3.8) is 0 Å². The van der Waals surface area contributed by atoms with Crippen molar-refractivity contribution >= 4 is 29.2 Å². The molecule has 84 valence electrons. The Bertz CT molecular complexity index is 465. The van der Waals surface area contributed by atoms with Crippen LogP contribution in [0.15, 0.2) is 11.2 Å². The summed E-state index contributed by atoms with van der Waals surface area (Å²) < 4.78 is 0. The molecule has 0 N–H and O–H groups in total. The van der Waals surface area contributed by atoms with E-state index < -0.39 is 5.38 Å². The first-order valence-corrected chi connectivity index (χ1v) is 5.28. The van der Waals surface area contributed by atoms with E-state index in [9.17, 15) is 4.79 Å². The van der Waals surface area contributed by atoms with E-state index in [0.717, 1.165) is 16.4 Å². The lowest BCUT2D eigenvalue weighted by atomic mass is 10.3. The van der Waals surface area contributed by atoms with E-state index in [0.29, 0.717) is 5.71 Å². The van der Waals surface area contributed by atoms with Crippen molar-refractivity contribution in [3.8, 4) is 0 Å². The van der Waals surface area contributed by atoms with Gasteiger partial charge in [0.2, 0.25) is 0 Å². The highest BCUT2D eigenvalue weighted by Gasteiger charge is 2.34. The largest absolute Gasteiger partial charge is 0.273 e. The lowest BCUT2D eigenvalue weighted by Gasteiger charge is -2.10. The number of amides is 1. The molecule has 16 heavy (non-hydrogen) atoms. The predicted octanol–water partition coefficient (Wildman–Crippen LogP) is 1.42. The van der Waals surface area contributed by atoms with Crippen molar-refractivity contribution in [1.82, 2.24) is 9.97 Å². The minimum Gasteiger partial charge on any atom is -0.270 e. The summed E-state index contributed by atoms with van der Waals surface area (Å²) >= 11 is 5.86. The summed E-state index contributed by atoms with van der Waals surface area (Å²) in [4.78, 5) is 20.1. The Kier molecular flexibility index (Phi) is 2.63. The van der Waals surface area contributed by atoms with Crippen LogP contribution in [-0.2, 0) is 4.79 Å². The van der Waals surface area contributed by atoms with Crippen LogP contribution in [0.5, 0.6) is 0 Å². The number of alkyl halides is 1. The molecule has 0 spiro atoms. The van der Waals surface area contributed by atoms with Crippen LogP contribution in [0.1, 0.15) is 18.3 Å². The second kappa shape index (κ2) is 3.83. The van der Waals surface area contributed by atoms with Gasteiger partial charge in [-0.25, -0.2) is 9.97 Å². The molecule has 2 rings (SSSR count). The molecule has 1 unspecified atom stereocenters. The lowest BCUT2D eigenvalue weighted by molar-refractivity contribution is -0.116. The van der Waals surface area contributed by atoms with Gasteiger partial charge in [0, 0.05) is 11.4 Å². The van der Waals surface area contributed by atoms with Crippen LogP contribution < -0.4 is 5.01 Å². The second-order valence-electron chi connectivity index (χ2n) is 3.70. The molecule has 0 saturated heterocycles. The Morgan fingerprint density at radius 1 is 1.25 bits per heavy atom. The Hall–Kier alpha value is -1.49. The van der Waals surface area contributed by atoms with Crippen LogP contribution >= 0.6 is 11.6 Å². The van der Waals surface area contributed by atoms with Gasteiger partial charge in [-0.15, -0.1) is 11.6 Å². The predicted molar refractivity (Wildman–Crippen MR) is 61.7 cm³/mol. The smallest absolute Gasteiger partial charge is 0.270 e. The summed E-state index contributed by atoms with van der Waals surface area (Å²) in [6.45, 7) is 5.39. The molecule has 1 aromatic heterocycles. The monoisotopic (exact) mass is 238 g/mol. The first-order chi connectivity index (χ1) is 7.49. The number of nitrogens with zero attached hydrogens (tertiary/aromatic N) is 4. The standard InChI is InChI=1S/C10H11ClN4O/c1-5-4-6(2)13-10(12-5)15-9(16)8(11)7(3)14-15/h4,8H,1-3H3. The number of carbonyl (C=O) groups is 1. The van der Waals surface area contributed by atoms with Crippen LogP contribution in [0.25, 0.3) is 0 Å². The number of hydrogen-bond acceptors (Lipinski definition) is 4. The van der Waals surface area contributed by atoms with Crippen LogP contribution in [0.2, 0.25) is 0 Å². The van der Waals surface area contributed by atoms with E-state index in [1.54, 1.807) is 6.92 Å². The van der Waals surface area contributed by atoms with Crippen LogP contribution in [-0.4, -0.2) is 27.0 Å². The molecule has 0 bridgehead atoms. The lowest BCUT2D eigenvalue weighted by Crippen LogP contribution is -2.29. The maximum absolute atomic E-state index is 11.7. The van der Waals surface area contributed by atoms with Gasteiger partial charge in [0.25, 0.3) is 11.9 Å². The van der Waals surface area contributed by atoms with Crippen molar-refractivity contribution in [2.24, 2.45) is 5.10 Å². The number of aryl methyl sites for hydroxylation is 2. The molecule has 1 aliphatic heterocycles. The molecule has 0 aliphatic carbocycles. The fourth-order valence-electron chi connectivity index (χ4n) is 1.49. The number of aromatic nitrogens is 2. The van der Waals surface area contributed by atoms with E-state index in [-0.39, 0.29) is 11.9 Å². The first-order valence-electron chi connectivity index (χ1n) is 4.84. The Labute approximate surface area is 98.1 Å². The van der Waals surface area contributed by atoms with E-state index in [1.807, 2.05) is 19.9 Å². The SMILES string of the molecule is CC1=NN(c2nc(C)cc(C)n2)C(=O)C1Cl. The van der Waals surface area contributed by atoms with Crippen molar-refractivity contribution in [1.29, 1.82) is 0 Å². The fourth-order valence-corrected chi connectivity index (χ4v) is 1.63. The summed E-state index contributed by atoms with van der Waals surface area (Å²) in [6.07, 6.45) is 0. The number of hydrogen-bond donors (Lipinski definition) is 0. The molecule has 0 fully saturated rings. The number of rotatable bonds is 1. The maximum Gasteiger partial charge on any atom is 0.273 e. The van der Waals surface area contributed by atoms with Crippen molar-refractivity contribution in [2.45, 2.75) is 26.1 Å². The number of anilines is 1. The zero-order valence-corrected chi connectivity index (χ0v) is 9.99. The van der Waals surface area contributed by atoms with Gasteiger partial charge in [-0.2, -0.15) is 10.1 Å². The average molecular weight is 239 g/mol. The molecule has 1 atom stereocenters. The zero-order chi connectivity index (χ0) is 11.9. The van der Waals surface area contributed by atoms with Gasteiger partial charge in [-0.3, -0.25) is 4.79 Å². The van der Waals surface area contributed by atoms with Gasteiger partial charge in [0.05, 0.1) is 5.71 Å². The minimum absolute atomic E-state index is 0.282. The molecular formula is C10H11ClN4O. The fraction of sp³-hybridized carbons (Fsp3) is 0.400. The minimum atomic E-state index is -0.704. The van der Waals surface area contributed by atoms with Crippen LogP contribution in [0, 0.1) is 13.8 Å². The summed E-state index contributed by atoms with van der Waals surface area (Å²) in [6, 6.07) is 1.83. The number of carbonyl (C=O) groups excluding carboxylic acids is 1. The van der Waals surface area contributed by atoms with E-state index >= 15 is 0 Å². The third-order valence-corrected chi connectivity index (χ3v) is 2.71. The van der Waals surface area contributed by atoms with Crippen LogP contribution in [0.4, 0.5) is 5.95 Å². The summed E-state index contributed by atoms with van der Waals surface area (Å²) in [5.74, 6) is -0.0193. The van der Waals surface area contributed by atoms with Crippen molar-refractivity contribution in [3.05, 3.63) is 17.5 Å². The van der Waals surface area contributed by atoms with Crippen molar-refractivity contribution < 1.29 is 4.79 Å². The molecule has 6 heteroatoms. The number of hydrazone groups is 1. The third-order valence-electron chi connectivity index (χ3n) is 2.21. The van der Waals surface area contributed by atoms with Crippen molar-refractivity contribution in [2.75, 3.05) is 5.01 Å². The molecule has 0 radical (unpaired) electrons. The molecule has 0 saturated carbocycles. The number of halogens is 1. The molecule has 0 aromatic carbocycles. The normalized spacial score (nSPS) is 20.2. The summed E-state index contributed by atoms with van der Waals surface area (Å²) in [5.41, 5.74) is 2.15. The topological polar surface area (TPSA) is 58.5 Å². The Morgan fingerprint density at radius 2 is 1.81 bits per heavy atom. The third kappa shape index (κ3) is 1.78. The maximum atomic E-state index is 11.7. The quantitative estimate of drug-likeness (QED) is 0.696. The molecule has 2 heterocycles. The van der Waals surface area contributed by atoms with Gasteiger partial charge in [-0.05, 0) is 26.8 Å². The van der Waals surface area contributed by atoms with E-state index in [1.165, 1.54) is 0 Å². The van der Waals surface area contributed by atoms with Crippen LogP contribution in [0.3, 0.4) is 0 Å².